The molecule has 0 saturated heterocycles. The van der Waals surface area contributed by atoms with Gasteiger partial charge in [0.25, 0.3) is 0 Å². The number of nitrogens with zero attached hydrogens (tertiary/aromatic N) is 2. The van der Waals surface area contributed by atoms with E-state index in [9.17, 15) is 0 Å². The summed E-state index contributed by atoms with van der Waals surface area (Å²) in [7, 11) is 0. The van der Waals surface area contributed by atoms with Gasteiger partial charge in [0.1, 0.15) is 9.52 Å². The molecule has 1 aliphatic carbocycles. The molecule has 3 nitrogen and oxygen atoms in total. The summed E-state index contributed by atoms with van der Waals surface area (Å²) in [5.41, 5.74) is 6.96. The number of hydrogen-bond acceptors (Lipinski definition) is 3. The highest BCUT2D eigenvalue weighted by Crippen LogP contribution is 2.34. The third-order valence-electron chi connectivity index (χ3n) is 2.84. The molecule has 0 unspecified atom stereocenters. The number of rotatable bonds is 1. The van der Waals surface area contributed by atoms with Crippen LogP contribution in [0.1, 0.15) is 43.6 Å². The fourth-order valence-corrected chi connectivity index (χ4v) is 2.81. The molecule has 0 aliphatic heterocycles. The largest absolute Gasteiger partial charge is 0.382 e. The van der Waals surface area contributed by atoms with Crippen molar-refractivity contribution in [2.45, 2.75) is 38.0 Å². The summed E-state index contributed by atoms with van der Waals surface area (Å²) >= 11 is 2.25. The van der Waals surface area contributed by atoms with Crippen LogP contribution < -0.4 is 5.73 Å². The van der Waals surface area contributed by atoms with Crippen molar-refractivity contribution in [3.8, 4) is 0 Å². The molecule has 0 bridgehead atoms. The fraction of sp³-hybridized carbons (Fsp3) is 0.600. The number of aromatic nitrogens is 2. The minimum atomic E-state index is 0.547. The molecule has 14 heavy (non-hydrogen) atoms. The Bertz CT molecular complexity index is 321. The quantitative estimate of drug-likeness (QED) is 0.812. The van der Waals surface area contributed by atoms with Gasteiger partial charge >= 0.3 is 0 Å². The van der Waals surface area contributed by atoms with Crippen LogP contribution in [0.25, 0.3) is 0 Å². The molecular formula is C10H14IN3. The highest BCUT2D eigenvalue weighted by Gasteiger charge is 2.18. The smallest absolute Gasteiger partial charge is 0.146 e. The van der Waals surface area contributed by atoms with Gasteiger partial charge in [-0.2, -0.15) is 0 Å². The first-order valence-corrected chi connectivity index (χ1v) is 6.14. The molecule has 2 rings (SSSR count). The minimum absolute atomic E-state index is 0.547. The van der Waals surface area contributed by atoms with Crippen molar-refractivity contribution in [2.24, 2.45) is 0 Å². The summed E-state index contributed by atoms with van der Waals surface area (Å²) in [4.78, 5) is 0. The first-order chi connectivity index (χ1) is 6.77. The molecule has 0 aromatic carbocycles. The second kappa shape index (κ2) is 4.42. The van der Waals surface area contributed by atoms with Crippen LogP contribution in [0.3, 0.4) is 0 Å². The first-order valence-electron chi connectivity index (χ1n) is 5.06. The van der Waals surface area contributed by atoms with E-state index in [1.165, 1.54) is 37.7 Å². The molecule has 2 N–H and O–H groups in total. The van der Waals surface area contributed by atoms with Crippen LogP contribution >= 0.6 is 22.6 Å². The molecule has 1 fully saturated rings. The van der Waals surface area contributed by atoms with Crippen LogP contribution in [0.4, 0.5) is 5.82 Å². The molecule has 0 spiro atoms. The molecule has 1 aliphatic rings. The molecular weight excluding hydrogens is 289 g/mol. The van der Waals surface area contributed by atoms with E-state index in [1.54, 1.807) is 0 Å². The Morgan fingerprint density at radius 1 is 1.21 bits per heavy atom. The summed E-state index contributed by atoms with van der Waals surface area (Å²) < 4.78 is 1.02. The van der Waals surface area contributed by atoms with Crippen molar-refractivity contribution >= 4 is 28.4 Å². The van der Waals surface area contributed by atoms with Crippen molar-refractivity contribution in [3.63, 3.8) is 0 Å². The van der Waals surface area contributed by atoms with Crippen LogP contribution in [0.5, 0.6) is 0 Å². The maximum absolute atomic E-state index is 5.66. The number of nitrogen functional groups attached to an aromatic ring is 1. The van der Waals surface area contributed by atoms with Gasteiger partial charge in [0.2, 0.25) is 0 Å². The summed E-state index contributed by atoms with van der Waals surface area (Å²) in [5.74, 6) is 1.21. The lowest BCUT2D eigenvalue weighted by molar-refractivity contribution is 0.441. The number of anilines is 1. The third kappa shape index (κ3) is 2.16. The van der Waals surface area contributed by atoms with Gasteiger partial charge in [-0.25, -0.2) is 0 Å². The van der Waals surface area contributed by atoms with Crippen molar-refractivity contribution in [1.82, 2.24) is 10.2 Å². The minimum Gasteiger partial charge on any atom is -0.382 e. The third-order valence-corrected chi connectivity index (χ3v) is 3.68. The Labute approximate surface area is 97.6 Å². The molecule has 1 aromatic heterocycles. The van der Waals surface area contributed by atoms with Gasteiger partial charge in [0.15, 0.2) is 0 Å². The second-order valence-electron chi connectivity index (χ2n) is 3.85. The number of hydrogen-bond donors (Lipinski definition) is 1. The van der Waals surface area contributed by atoms with E-state index >= 15 is 0 Å². The van der Waals surface area contributed by atoms with Gasteiger partial charge in [-0.1, -0.05) is 19.3 Å². The number of halogens is 1. The second-order valence-corrected chi connectivity index (χ2v) is 4.87. The van der Waals surface area contributed by atoms with Gasteiger partial charge in [0.05, 0.1) is 0 Å². The van der Waals surface area contributed by atoms with Gasteiger partial charge in [-0.05, 0) is 53.0 Å². The zero-order chi connectivity index (χ0) is 9.97. The van der Waals surface area contributed by atoms with E-state index in [-0.39, 0.29) is 0 Å². The highest BCUT2D eigenvalue weighted by atomic mass is 127. The summed E-state index contributed by atoms with van der Waals surface area (Å²) in [6.45, 7) is 0. The highest BCUT2D eigenvalue weighted by molar-refractivity contribution is 14.1. The van der Waals surface area contributed by atoms with Gasteiger partial charge in [-0.3, -0.25) is 0 Å². The summed E-state index contributed by atoms with van der Waals surface area (Å²) in [6, 6.07) is 1.99. The number of nitrogens with two attached hydrogens (primary N) is 1. The monoisotopic (exact) mass is 303 g/mol. The summed E-state index contributed by atoms with van der Waals surface area (Å²) in [5, 5.41) is 7.92. The van der Waals surface area contributed by atoms with E-state index < -0.39 is 0 Å². The average molecular weight is 303 g/mol. The normalized spacial score (nSPS) is 18.4. The topological polar surface area (TPSA) is 51.8 Å². The molecule has 1 saturated carbocycles. The molecule has 1 heterocycles. The van der Waals surface area contributed by atoms with E-state index in [4.69, 9.17) is 5.73 Å². The van der Waals surface area contributed by atoms with Crippen molar-refractivity contribution in [1.29, 1.82) is 0 Å². The van der Waals surface area contributed by atoms with E-state index in [0.717, 1.165) is 3.70 Å². The van der Waals surface area contributed by atoms with Crippen LogP contribution in [-0.2, 0) is 0 Å². The van der Waals surface area contributed by atoms with Crippen LogP contribution in [0.2, 0.25) is 0 Å². The average Bonchev–Trinajstić information content (AvgIpc) is 2.23. The lowest BCUT2D eigenvalue weighted by atomic mass is 9.85. The SMILES string of the molecule is Nc1cc(C2CCCCC2)c(I)nn1. The molecule has 4 heteroatoms. The lowest BCUT2D eigenvalue weighted by Crippen LogP contribution is -2.09. The van der Waals surface area contributed by atoms with Crippen molar-refractivity contribution in [2.75, 3.05) is 5.73 Å². The van der Waals surface area contributed by atoms with Gasteiger partial charge in [0, 0.05) is 0 Å². The first kappa shape index (κ1) is 10.1. The zero-order valence-corrected chi connectivity index (χ0v) is 10.2. The molecule has 0 atom stereocenters. The van der Waals surface area contributed by atoms with Gasteiger partial charge < -0.3 is 5.73 Å². The summed E-state index contributed by atoms with van der Waals surface area (Å²) in [6.07, 6.45) is 6.61. The van der Waals surface area contributed by atoms with Crippen molar-refractivity contribution in [3.05, 3.63) is 15.3 Å². The fourth-order valence-electron chi connectivity index (χ4n) is 2.11. The Hall–Kier alpha value is -0.390. The molecule has 0 amide bonds. The molecule has 76 valence electrons. The predicted octanol–water partition coefficient (Wildman–Crippen LogP) is 2.71. The molecule has 0 radical (unpaired) electrons. The standard InChI is InChI=1S/C10H14IN3/c11-10-8(6-9(12)13-14-10)7-4-2-1-3-5-7/h6-7H,1-5H2,(H2,12,13). The van der Waals surface area contributed by atoms with E-state index in [1.807, 2.05) is 6.07 Å². The Kier molecular flexibility index (Phi) is 3.20. The Morgan fingerprint density at radius 2 is 1.93 bits per heavy atom. The maximum atomic E-state index is 5.66. The molecule has 1 aromatic rings. The van der Waals surface area contributed by atoms with Crippen LogP contribution in [0.15, 0.2) is 6.07 Å². The zero-order valence-electron chi connectivity index (χ0n) is 8.04. The predicted molar refractivity (Wildman–Crippen MR) is 65.0 cm³/mol. The van der Waals surface area contributed by atoms with Gasteiger partial charge in [-0.15, -0.1) is 10.2 Å². The van der Waals surface area contributed by atoms with E-state index in [0.29, 0.717) is 11.7 Å². The van der Waals surface area contributed by atoms with E-state index in [2.05, 4.69) is 32.8 Å². The van der Waals surface area contributed by atoms with Crippen LogP contribution in [0, 0.1) is 3.70 Å². The Balaban J connectivity index is 2.24. The lowest BCUT2D eigenvalue weighted by Gasteiger charge is -2.22. The Morgan fingerprint density at radius 3 is 2.64 bits per heavy atom. The maximum Gasteiger partial charge on any atom is 0.146 e. The van der Waals surface area contributed by atoms with Crippen LogP contribution in [-0.4, -0.2) is 10.2 Å². The van der Waals surface area contributed by atoms with Crippen molar-refractivity contribution < 1.29 is 0 Å².